The third-order valence-corrected chi connectivity index (χ3v) is 5.27. The number of thioether (sulfide) groups is 1. The number of ketones is 1. The Morgan fingerprint density at radius 3 is 2.44 bits per heavy atom. The molecule has 3 rings (SSSR count). The molecule has 3 aromatic rings. The predicted octanol–water partition coefficient (Wildman–Crippen LogP) is 6.05. The van der Waals surface area contributed by atoms with Crippen molar-refractivity contribution < 1.29 is 13.9 Å². The Labute approximate surface area is 156 Å². The monoisotopic (exact) mass is 372 g/mol. The van der Waals surface area contributed by atoms with E-state index in [-0.39, 0.29) is 11.0 Å². The van der Waals surface area contributed by atoms with Crippen LogP contribution >= 0.6 is 23.4 Å². The van der Waals surface area contributed by atoms with E-state index < -0.39 is 0 Å². The summed E-state index contributed by atoms with van der Waals surface area (Å²) in [6.45, 7) is 0. The van der Waals surface area contributed by atoms with Gasteiger partial charge in [-0.3, -0.25) is 4.79 Å². The van der Waals surface area contributed by atoms with Crippen LogP contribution in [0.2, 0.25) is 5.02 Å². The maximum Gasteiger partial charge on any atom is 0.199 e. The Kier molecular flexibility index (Phi) is 5.84. The summed E-state index contributed by atoms with van der Waals surface area (Å²) < 4.78 is 10.5. The number of hydrogen-bond donors (Lipinski definition) is 0. The normalized spacial score (nSPS) is 11.9. The molecule has 0 spiro atoms. The summed E-state index contributed by atoms with van der Waals surface area (Å²) in [4.78, 5) is 13.6. The fourth-order valence-electron chi connectivity index (χ4n) is 2.43. The molecule has 3 nitrogen and oxygen atoms in total. The lowest BCUT2D eigenvalue weighted by Crippen LogP contribution is -2.04. The van der Waals surface area contributed by atoms with Crippen molar-refractivity contribution in [1.82, 2.24) is 0 Å². The first-order valence-corrected chi connectivity index (χ1v) is 9.04. The number of halogens is 1. The Balaban J connectivity index is 1.83. The SMILES string of the molecule is COc1ccc([C@H](CC(=O)c2ccco2)Sc2ccc(Cl)cc2)cc1. The summed E-state index contributed by atoms with van der Waals surface area (Å²) in [6, 6.07) is 18.8. The largest absolute Gasteiger partial charge is 0.497 e. The summed E-state index contributed by atoms with van der Waals surface area (Å²) in [7, 11) is 1.63. The third kappa shape index (κ3) is 4.68. The zero-order valence-electron chi connectivity index (χ0n) is 13.6. The number of methoxy groups -OCH3 is 1. The van der Waals surface area contributed by atoms with E-state index in [0.717, 1.165) is 16.2 Å². The lowest BCUT2D eigenvalue weighted by molar-refractivity contribution is 0.0955. The van der Waals surface area contributed by atoms with Gasteiger partial charge in [-0.1, -0.05) is 23.7 Å². The van der Waals surface area contributed by atoms with E-state index in [2.05, 4.69) is 0 Å². The molecule has 5 heteroatoms. The van der Waals surface area contributed by atoms with E-state index in [1.807, 2.05) is 48.5 Å². The van der Waals surface area contributed by atoms with Crippen molar-refractivity contribution in [3.8, 4) is 5.75 Å². The molecule has 0 N–H and O–H groups in total. The highest BCUT2D eigenvalue weighted by atomic mass is 35.5. The number of carbonyl (C=O) groups excluding carboxylic acids is 1. The highest BCUT2D eigenvalue weighted by Gasteiger charge is 2.20. The highest BCUT2D eigenvalue weighted by Crippen LogP contribution is 2.39. The summed E-state index contributed by atoms with van der Waals surface area (Å²) in [5, 5.41) is 0.654. The number of rotatable bonds is 7. The second kappa shape index (κ2) is 8.28. The molecule has 1 atom stereocenters. The van der Waals surface area contributed by atoms with Gasteiger partial charge in [0.15, 0.2) is 11.5 Å². The van der Waals surface area contributed by atoms with Crippen molar-refractivity contribution in [1.29, 1.82) is 0 Å². The van der Waals surface area contributed by atoms with Crippen molar-refractivity contribution in [2.24, 2.45) is 0 Å². The molecular formula is C20H17ClO3S. The summed E-state index contributed by atoms with van der Waals surface area (Å²) in [6.07, 6.45) is 1.86. The molecule has 0 bridgehead atoms. The topological polar surface area (TPSA) is 39.4 Å². The molecule has 0 aliphatic rings. The maximum absolute atomic E-state index is 12.5. The van der Waals surface area contributed by atoms with Crippen LogP contribution in [0.15, 0.2) is 76.2 Å². The molecule has 0 amide bonds. The van der Waals surface area contributed by atoms with E-state index in [1.54, 1.807) is 31.0 Å². The van der Waals surface area contributed by atoms with E-state index in [0.29, 0.717) is 17.2 Å². The Morgan fingerprint density at radius 2 is 1.84 bits per heavy atom. The average Bonchev–Trinajstić information content (AvgIpc) is 3.18. The molecule has 25 heavy (non-hydrogen) atoms. The van der Waals surface area contributed by atoms with Gasteiger partial charge in [0, 0.05) is 21.6 Å². The Bertz CT molecular complexity index is 811. The van der Waals surface area contributed by atoms with Crippen LogP contribution in [0.5, 0.6) is 5.75 Å². The highest BCUT2D eigenvalue weighted by molar-refractivity contribution is 7.99. The van der Waals surface area contributed by atoms with E-state index in [1.165, 1.54) is 6.26 Å². The number of benzene rings is 2. The van der Waals surface area contributed by atoms with Crippen molar-refractivity contribution in [3.05, 3.63) is 83.3 Å². The van der Waals surface area contributed by atoms with Crippen LogP contribution in [0.1, 0.15) is 27.8 Å². The number of carbonyl (C=O) groups is 1. The molecule has 0 unspecified atom stereocenters. The molecule has 2 aromatic carbocycles. The standard InChI is InChI=1S/C20H17ClO3S/c1-23-16-8-4-14(5-9-16)20(13-18(22)19-3-2-12-24-19)25-17-10-6-15(21)7-11-17/h2-12,20H,13H2,1H3/t20-/m0/s1. The second-order valence-electron chi connectivity index (χ2n) is 5.44. The zero-order chi connectivity index (χ0) is 17.6. The molecule has 1 aromatic heterocycles. The Hall–Kier alpha value is -2.17. The van der Waals surface area contributed by atoms with Gasteiger partial charge in [-0.05, 0) is 54.1 Å². The fourth-order valence-corrected chi connectivity index (χ4v) is 3.71. The Morgan fingerprint density at radius 1 is 1.12 bits per heavy atom. The van der Waals surface area contributed by atoms with Crippen LogP contribution in [0.4, 0.5) is 0 Å². The van der Waals surface area contributed by atoms with Gasteiger partial charge in [0.1, 0.15) is 5.75 Å². The smallest absolute Gasteiger partial charge is 0.199 e. The van der Waals surface area contributed by atoms with Gasteiger partial charge in [-0.15, -0.1) is 11.8 Å². The molecule has 1 heterocycles. The van der Waals surface area contributed by atoms with Gasteiger partial charge in [-0.25, -0.2) is 0 Å². The van der Waals surface area contributed by atoms with Crippen LogP contribution in [0.25, 0.3) is 0 Å². The number of hydrogen-bond acceptors (Lipinski definition) is 4. The summed E-state index contributed by atoms with van der Waals surface area (Å²) >= 11 is 7.59. The minimum atomic E-state index is -0.0373. The van der Waals surface area contributed by atoms with Gasteiger partial charge in [0.25, 0.3) is 0 Å². The van der Waals surface area contributed by atoms with E-state index >= 15 is 0 Å². The van der Waals surface area contributed by atoms with Gasteiger partial charge in [0.2, 0.25) is 0 Å². The fraction of sp³-hybridized carbons (Fsp3) is 0.150. The van der Waals surface area contributed by atoms with Gasteiger partial charge in [0.05, 0.1) is 13.4 Å². The molecule has 0 saturated heterocycles. The minimum absolute atomic E-state index is 0.0210. The lowest BCUT2D eigenvalue weighted by atomic mass is 10.1. The molecule has 0 fully saturated rings. The van der Waals surface area contributed by atoms with Crippen molar-refractivity contribution in [3.63, 3.8) is 0 Å². The van der Waals surface area contributed by atoms with E-state index in [4.69, 9.17) is 20.8 Å². The third-order valence-electron chi connectivity index (χ3n) is 3.75. The quantitative estimate of drug-likeness (QED) is 0.374. The second-order valence-corrected chi connectivity index (χ2v) is 7.15. The molecule has 0 aliphatic heterocycles. The van der Waals surface area contributed by atoms with Crippen LogP contribution < -0.4 is 4.74 Å². The number of Topliss-reactive ketones (excluding diaryl/α,β-unsaturated/α-hetero) is 1. The predicted molar refractivity (Wildman–Crippen MR) is 101 cm³/mol. The molecular weight excluding hydrogens is 356 g/mol. The zero-order valence-corrected chi connectivity index (χ0v) is 15.2. The molecule has 0 saturated carbocycles. The first kappa shape index (κ1) is 17.6. The van der Waals surface area contributed by atoms with E-state index in [9.17, 15) is 4.79 Å². The minimum Gasteiger partial charge on any atom is -0.497 e. The summed E-state index contributed by atoms with van der Waals surface area (Å²) in [5.74, 6) is 1.15. The van der Waals surface area contributed by atoms with Crippen LogP contribution in [-0.4, -0.2) is 12.9 Å². The summed E-state index contributed by atoms with van der Waals surface area (Å²) in [5.41, 5.74) is 1.06. The lowest BCUT2D eigenvalue weighted by Gasteiger charge is -2.16. The first-order valence-electron chi connectivity index (χ1n) is 7.78. The van der Waals surface area contributed by atoms with Crippen molar-refractivity contribution >= 4 is 29.1 Å². The van der Waals surface area contributed by atoms with Crippen LogP contribution in [-0.2, 0) is 0 Å². The van der Waals surface area contributed by atoms with Gasteiger partial charge < -0.3 is 9.15 Å². The molecule has 128 valence electrons. The number of ether oxygens (including phenoxy) is 1. The van der Waals surface area contributed by atoms with Gasteiger partial charge in [-0.2, -0.15) is 0 Å². The number of furan rings is 1. The molecule has 0 aliphatic carbocycles. The van der Waals surface area contributed by atoms with Crippen LogP contribution in [0.3, 0.4) is 0 Å². The first-order chi connectivity index (χ1) is 12.2. The van der Waals surface area contributed by atoms with Crippen LogP contribution in [0, 0.1) is 0 Å². The maximum atomic E-state index is 12.5. The van der Waals surface area contributed by atoms with Gasteiger partial charge >= 0.3 is 0 Å². The van der Waals surface area contributed by atoms with Crippen molar-refractivity contribution in [2.75, 3.05) is 7.11 Å². The molecule has 0 radical (unpaired) electrons. The van der Waals surface area contributed by atoms with Crippen molar-refractivity contribution in [2.45, 2.75) is 16.6 Å². The average molecular weight is 373 g/mol.